The minimum Gasteiger partial charge on any atom is -0.341 e. The van der Waals surface area contributed by atoms with Gasteiger partial charge >= 0.3 is 6.18 Å². The van der Waals surface area contributed by atoms with Crippen LogP contribution in [0.15, 0.2) is 71.7 Å². The number of benzene rings is 3. The smallest absolute Gasteiger partial charge is 0.341 e. The van der Waals surface area contributed by atoms with Crippen molar-refractivity contribution >= 4 is 39.9 Å². The molecule has 40 heavy (non-hydrogen) atoms. The number of carbonyl (C=O) groups is 2. The number of halogens is 4. The van der Waals surface area contributed by atoms with E-state index in [1.54, 1.807) is 42.3 Å². The first-order valence-electron chi connectivity index (χ1n) is 12.2. The van der Waals surface area contributed by atoms with Crippen molar-refractivity contribution in [3.8, 4) is 5.69 Å². The molecular formula is C29H26ClF3N4O3. The van der Waals surface area contributed by atoms with Crippen molar-refractivity contribution in [3.63, 3.8) is 0 Å². The number of fused-ring (bicyclic) bond motifs is 1. The average molecular weight is 571 g/mol. The van der Waals surface area contributed by atoms with Crippen molar-refractivity contribution in [1.29, 1.82) is 0 Å². The van der Waals surface area contributed by atoms with Gasteiger partial charge in [0.25, 0.3) is 11.5 Å². The summed E-state index contributed by atoms with van der Waals surface area (Å²) in [4.78, 5) is 40.4. The topological polar surface area (TPSA) is 84.3 Å². The van der Waals surface area contributed by atoms with Crippen LogP contribution in [0.25, 0.3) is 16.5 Å². The molecule has 11 heteroatoms. The van der Waals surface area contributed by atoms with E-state index in [1.165, 1.54) is 12.3 Å². The van der Waals surface area contributed by atoms with E-state index in [9.17, 15) is 27.6 Å². The summed E-state index contributed by atoms with van der Waals surface area (Å²) in [6.07, 6.45) is -3.09. The fourth-order valence-corrected chi connectivity index (χ4v) is 4.36. The number of hydrogen-bond acceptors (Lipinski definition) is 4. The highest BCUT2D eigenvalue weighted by atomic mass is 35.5. The predicted molar refractivity (Wildman–Crippen MR) is 148 cm³/mol. The highest BCUT2D eigenvalue weighted by Gasteiger charge is 2.30. The van der Waals surface area contributed by atoms with E-state index < -0.39 is 28.6 Å². The van der Waals surface area contributed by atoms with E-state index in [-0.39, 0.29) is 34.1 Å². The lowest BCUT2D eigenvalue weighted by atomic mass is 9.94. The van der Waals surface area contributed by atoms with Gasteiger partial charge in [-0.2, -0.15) is 23.0 Å². The SMILES string of the molecule is CN(Cc1ccc(Cl)c(C(=O)Nc2ccc3cnn(-c4ccc(C(F)(F)F)cc4)c(=O)c3c2)c1)C(=O)C(C)(C)C. The number of carbonyl (C=O) groups excluding carboxylic acids is 2. The Bertz CT molecular complexity index is 1660. The van der Waals surface area contributed by atoms with Gasteiger partial charge in [-0.05, 0) is 54.1 Å². The Morgan fingerprint density at radius 3 is 2.30 bits per heavy atom. The molecule has 7 nitrogen and oxygen atoms in total. The Morgan fingerprint density at radius 1 is 1.00 bits per heavy atom. The molecule has 0 bridgehead atoms. The van der Waals surface area contributed by atoms with Gasteiger partial charge in [-0.25, -0.2) is 0 Å². The summed E-state index contributed by atoms with van der Waals surface area (Å²) in [5, 5.41) is 7.70. The van der Waals surface area contributed by atoms with Crippen LogP contribution in [0, 0.1) is 5.41 Å². The van der Waals surface area contributed by atoms with E-state index in [1.807, 2.05) is 20.8 Å². The molecule has 3 aromatic carbocycles. The van der Waals surface area contributed by atoms with Crippen LogP contribution in [0.3, 0.4) is 0 Å². The molecule has 0 radical (unpaired) electrons. The molecule has 0 saturated heterocycles. The van der Waals surface area contributed by atoms with Crippen LogP contribution in [-0.4, -0.2) is 33.5 Å². The Balaban J connectivity index is 1.60. The normalized spacial score (nSPS) is 11.9. The van der Waals surface area contributed by atoms with Crippen LogP contribution < -0.4 is 10.9 Å². The van der Waals surface area contributed by atoms with E-state index in [0.717, 1.165) is 28.9 Å². The van der Waals surface area contributed by atoms with Crippen LogP contribution in [0.1, 0.15) is 42.3 Å². The number of aromatic nitrogens is 2. The molecule has 0 aliphatic rings. The number of rotatable bonds is 5. The first-order chi connectivity index (χ1) is 18.6. The fraction of sp³-hybridized carbons (Fsp3) is 0.241. The number of nitrogens with zero attached hydrogens (tertiary/aromatic N) is 3. The lowest BCUT2D eigenvalue weighted by molar-refractivity contribution is -0.139. The maximum atomic E-state index is 13.2. The van der Waals surface area contributed by atoms with Crippen molar-refractivity contribution in [1.82, 2.24) is 14.7 Å². The van der Waals surface area contributed by atoms with Gasteiger partial charge in [0.1, 0.15) is 0 Å². The van der Waals surface area contributed by atoms with Crippen LogP contribution in [0.4, 0.5) is 18.9 Å². The van der Waals surface area contributed by atoms with Crippen molar-refractivity contribution in [2.75, 3.05) is 12.4 Å². The van der Waals surface area contributed by atoms with E-state index in [2.05, 4.69) is 10.4 Å². The van der Waals surface area contributed by atoms with Crippen molar-refractivity contribution < 1.29 is 22.8 Å². The van der Waals surface area contributed by atoms with Gasteiger partial charge in [-0.1, -0.05) is 44.5 Å². The number of nitrogens with one attached hydrogen (secondary N) is 1. The maximum Gasteiger partial charge on any atom is 0.416 e. The van der Waals surface area contributed by atoms with Gasteiger partial charge < -0.3 is 10.2 Å². The summed E-state index contributed by atoms with van der Waals surface area (Å²) in [6, 6.07) is 13.6. The number of hydrogen-bond donors (Lipinski definition) is 1. The molecule has 0 spiro atoms. The first kappa shape index (κ1) is 28.8. The molecular weight excluding hydrogens is 545 g/mol. The molecule has 0 aliphatic heterocycles. The molecule has 0 atom stereocenters. The second-order valence-corrected chi connectivity index (χ2v) is 10.8. The molecule has 0 unspecified atom stereocenters. The Labute approximate surface area is 233 Å². The second-order valence-electron chi connectivity index (χ2n) is 10.4. The number of alkyl halides is 3. The van der Waals surface area contributed by atoms with Crippen LogP contribution >= 0.6 is 11.6 Å². The molecule has 1 aromatic heterocycles. The van der Waals surface area contributed by atoms with Crippen LogP contribution in [-0.2, 0) is 17.5 Å². The van der Waals surface area contributed by atoms with Crippen molar-refractivity contribution in [2.45, 2.75) is 33.5 Å². The van der Waals surface area contributed by atoms with Crippen molar-refractivity contribution in [2.24, 2.45) is 5.41 Å². The third-order valence-corrected chi connectivity index (χ3v) is 6.50. The molecule has 0 fully saturated rings. The van der Waals surface area contributed by atoms with E-state index in [4.69, 9.17) is 11.6 Å². The molecule has 1 heterocycles. The largest absolute Gasteiger partial charge is 0.416 e. The molecule has 4 aromatic rings. The van der Waals surface area contributed by atoms with Gasteiger partial charge in [0.2, 0.25) is 5.91 Å². The summed E-state index contributed by atoms with van der Waals surface area (Å²) >= 11 is 6.30. The third-order valence-electron chi connectivity index (χ3n) is 6.17. The molecule has 4 rings (SSSR count). The Morgan fingerprint density at radius 2 is 1.68 bits per heavy atom. The van der Waals surface area contributed by atoms with Gasteiger partial charge in [-0.3, -0.25) is 14.4 Å². The summed E-state index contributed by atoms with van der Waals surface area (Å²) in [6.45, 7) is 5.75. The predicted octanol–water partition coefficient (Wildman–Crippen LogP) is 6.31. The highest BCUT2D eigenvalue weighted by Crippen LogP contribution is 2.29. The number of amides is 2. The standard InChI is InChI=1S/C29H26ClF3N4O3/c1-28(2,3)27(40)36(4)16-17-5-12-24(30)23(13-17)25(38)35-20-9-6-18-15-34-37(26(39)22(18)14-20)21-10-7-19(8-11-21)29(31,32)33/h5-15H,16H2,1-4H3,(H,35,38). The zero-order valence-electron chi connectivity index (χ0n) is 22.1. The quantitative estimate of drug-likeness (QED) is 0.304. The zero-order valence-corrected chi connectivity index (χ0v) is 22.9. The Kier molecular flexibility index (Phi) is 7.76. The first-order valence-corrected chi connectivity index (χ1v) is 12.6. The molecule has 2 amide bonds. The van der Waals surface area contributed by atoms with Gasteiger partial charge in [0.15, 0.2) is 0 Å². The minimum absolute atomic E-state index is 0.0546. The van der Waals surface area contributed by atoms with Crippen molar-refractivity contribution in [3.05, 3.63) is 98.9 Å². The highest BCUT2D eigenvalue weighted by molar-refractivity contribution is 6.34. The number of anilines is 1. The lowest BCUT2D eigenvalue weighted by Gasteiger charge is -2.26. The van der Waals surface area contributed by atoms with E-state index >= 15 is 0 Å². The fourth-order valence-electron chi connectivity index (χ4n) is 4.16. The zero-order chi connectivity index (χ0) is 29.4. The maximum absolute atomic E-state index is 13.2. The lowest BCUT2D eigenvalue weighted by Crippen LogP contribution is -2.36. The Hall–Kier alpha value is -4.18. The molecule has 0 saturated carbocycles. The molecule has 1 N–H and O–H groups in total. The van der Waals surface area contributed by atoms with E-state index in [0.29, 0.717) is 16.6 Å². The summed E-state index contributed by atoms with van der Waals surface area (Å²) < 4.78 is 39.7. The molecule has 0 aliphatic carbocycles. The third kappa shape index (κ3) is 6.17. The minimum atomic E-state index is -4.50. The second kappa shape index (κ2) is 10.8. The monoisotopic (exact) mass is 570 g/mol. The average Bonchev–Trinajstić information content (AvgIpc) is 2.88. The molecule has 208 valence electrons. The van der Waals surface area contributed by atoms with Crippen LogP contribution in [0.5, 0.6) is 0 Å². The summed E-state index contributed by atoms with van der Waals surface area (Å²) in [7, 11) is 1.68. The van der Waals surface area contributed by atoms with Crippen LogP contribution in [0.2, 0.25) is 5.02 Å². The van der Waals surface area contributed by atoms with Gasteiger partial charge in [0, 0.05) is 30.1 Å². The summed E-state index contributed by atoms with van der Waals surface area (Å²) in [5.74, 6) is -0.575. The van der Waals surface area contributed by atoms with Gasteiger partial charge in [0.05, 0.1) is 33.4 Å². The summed E-state index contributed by atoms with van der Waals surface area (Å²) in [5.41, 5.74) is -0.608. The van der Waals surface area contributed by atoms with Gasteiger partial charge in [-0.15, -0.1) is 0 Å².